The van der Waals surface area contributed by atoms with Crippen LogP contribution in [0, 0.1) is 6.92 Å². The van der Waals surface area contributed by atoms with Gasteiger partial charge in [-0.15, -0.1) is 11.3 Å². The van der Waals surface area contributed by atoms with E-state index in [1.807, 2.05) is 25.3 Å². The standard InChI is InChI=1S/C14H17N3O3S2/c1-9-8-12(22(15,19)20)21-13(9)14(18)17-7-6-16-5-3-4-11(16)10(17)2/h3-5,8,10H,6-7H2,1-2H3,(H2,15,19,20)/t10-/m0/s1. The molecule has 0 radical (unpaired) electrons. The number of hydrogen-bond acceptors (Lipinski definition) is 4. The number of nitrogens with zero attached hydrogens (tertiary/aromatic N) is 2. The predicted molar refractivity (Wildman–Crippen MR) is 84.3 cm³/mol. The van der Waals surface area contributed by atoms with Crippen LogP contribution in [0.25, 0.3) is 0 Å². The van der Waals surface area contributed by atoms with E-state index in [1.165, 1.54) is 6.07 Å². The SMILES string of the molecule is Cc1cc(S(N)(=O)=O)sc1C(=O)N1CCn2cccc2[C@@H]1C. The third-order valence-electron chi connectivity index (χ3n) is 3.97. The molecule has 22 heavy (non-hydrogen) atoms. The molecule has 0 saturated heterocycles. The summed E-state index contributed by atoms with van der Waals surface area (Å²) in [7, 11) is -3.78. The average Bonchev–Trinajstić information content (AvgIpc) is 3.04. The van der Waals surface area contributed by atoms with E-state index in [-0.39, 0.29) is 16.2 Å². The molecule has 2 aromatic heterocycles. The molecule has 0 fully saturated rings. The average molecular weight is 339 g/mol. The van der Waals surface area contributed by atoms with Gasteiger partial charge in [-0.2, -0.15) is 0 Å². The molecule has 1 aliphatic rings. The molecule has 2 N–H and O–H groups in total. The first-order valence-corrected chi connectivity index (χ1v) is 9.24. The van der Waals surface area contributed by atoms with Crippen LogP contribution in [0.3, 0.4) is 0 Å². The molecule has 118 valence electrons. The van der Waals surface area contributed by atoms with E-state index in [0.717, 1.165) is 23.6 Å². The van der Waals surface area contributed by atoms with Crippen molar-refractivity contribution in [2.45, 2.75) is 30.6 Å². The fourth-order valence-corrected chi connectivity index (χ4v) is 4.71. The van der Waals surface area contributed by atoms with E-state index < -0.39 is 10.0 Å². The fraction of sp³-hybridized carbons (Fsp3) is 0.357. The highest BCUT2D eigenvalue weighted by molar-refractivity contribution is 7.91. The monoisotopic (exact) mass is 339 g/mol. The van der Waals surface area contributed by atoms with Crippen LogP contribution in [0.5, 0.6) is 0 Å². The summed E-state index contributed by atoms with van der Waals surface area (Å²) >= 11 is 0.943. The van der Waals surface area contributed by atoms with Crippen molar-refractivity contribution in [2.24, 2.45) is 5.14 Å². The highest BCUT2D eigenvalue weighted by atomic mass is 32.2. The number of rotatable bonds is 2. The van der Waals surface area contributed by atoms with Crippen LogP contribution in [-0.2, 0) is 16.6 Å². The Morgan fingerprint density at radius 1 is 1.41 bits per heavy atom. The van der Waals surface area contributed by atoms with Crippen molar-refractivity contribution >= 4 is 27.3 Å². The quantitative estimate of drug-likeness (QED) is 0.904. The van der Waals surface area contributed by atoms with E-state index in [0.29, 0.717) is 17.0 Å². The first-order chi connectivity index (χ1) is 10.3. The first kappa shape index (κ1) is 15.3. The maximum absolute atomic E-state index is 12.8. The number of amides is 1. The maximum Gasteiger partial charge on any atom is 0.264 e. The normalized spacial score (nSPS) is 18.3. The summed E-state index contributed by atoms with van der Waals surface area (Å²) in [5.74, 6) is -0.141. The number of nitrogens with two attached hydrogens (primary N) is 1. The Bertz CT molecular complexity index is 835. The molecule has 0 aromatic carbocycles. The number of sulfonamides is 1. The molecule has 0 saturated carbocycles. The molecule has 0 unspecified atom stereocenters. The molecule has 6 nitrogen and oxygen atoms in total. The Hall–Kier alpha value is -1.64. The summed E-state index contributed by atoms with van der Waals surface area (Å²) in [5.41, 5.74) is 1.73. The van der Waals surface area contributed by atoms with Gasteiger partial charge in [-0.3, -0.25) is 4.79 Å². The van der Waals surface area contributed by atoms with Crippen LogP contribution in [0.15, 0.2) is 28.6 Å². The zero-order valence-electron chi connectivity index (χ0n) is 12.3. The molecule has 3 heterocycles. The zero-order valence-corrected chi connectivity index (χ0v) is 13.9. The molecule has 1 aliphatic heterocycles. The molecule has 0 spiro atoms. The Balaban J connectivity index is 1.94. The zero-order chi connectivity index (χ0) is 16.1. The van der Waals surface area contributed by atoms with Gasteiger partial charge in [0.15, 0.2) is 0 Å². The van der Waals surface area contributed by atoms with E-state index in [4.69, 9.17) is 5.14 Å². The lowest BCUT2D eigenvalue weighted by Gasteiger charge is -2.34. The third kappa shape index (κ3) is 2.47. The molecular weight excluding hydrogens is 322 g/mol. The van der Waals surface area contributed by atoms with Gasteiger partial charge in [0.05, 0.1) is 10.9 Å². The van der Waals surface area contributed by atoms with Crippen molar-refractivity contribution in [1.29, 1.82) is 0 Å². The van der Waals surface area contributed by atoms with Gasteiger partial charge < -0.3 is 9.47 Å². The number of aromatic nitrogens is 1. The number of aryl methyl sites for hydroxylation is 1. The largest absolute Gasteiger partial charge is 0.348 e. The minimum absolute atomic E-state index is 0.0291. The molecular formula is C14H17N3O3S2. The van der Waals surface area contributed by atoms with E-state index in [9.17, 15) is 13.2 Å². The number of primary sulfonamides is 1. The summed E-state index contributed by atoms with van der Waals surface area (Å²) in [4.78, 5) is 15.0. The Labute approximate surface area is 133 Å². The summed E-state index contributed by atoms with van der Waals surface area (Å²) in [6.07, 6.45) is 2.00. The lowest BCUT2D eigenvalue weighted by atomic mass is 10.1. The molecule has 2 aromatic rings. The summed E-state index contributed by atoms with van der Waals surface area (Å²) < 4.78 is 25.1. The predicted octanol–water partition coefficient (Wildman–Crippen LogP) is 1.72. The third-order valence-corrected chi connectivity index (χ3v) is 6.62. The van der Waals surface area contributed by atoms with Crippen LogP contribution >= 0.6 is 11.3 Å². The smallest absolute Gasteiger partial charge is 0.264 e. The van der Waals surface area contributed by atoms with Gasteiger partial charge in [0.1, 0.15) is 4.21 Å². The van der Waals surface area contributed by atoms with Gasteiger partial charge in [0, 0.05) is 25.0 Å². The topological polar surface area (TPSA) is 85.4 Å². The summed E-state index contributed by atoms with van der Waals surface area (Å²) in [6.45, 7) is 5.05. The summed E-state index contributed by atoms with van der Waals surface area (Å²) in [6, 6.07) is 5.39. The minimum Gasteiger partial charge on any atom is -0.348 e. The van der Waals surface area contributed by atoms with Crippen molar-refractivity contribution in [2.75, 3.05) is 6.54 Å². The van der Waals surface area contributed by atoms with Crippen molar-refractivity contribution in [1.82, 2.24) is 9.47 Å². The molecule has 0 aliphatic carbocycles. The lowest BCUT2D eigenvalue weighted by Crippen LogP contribution is -2.40. The second-order valence-electron chi connectivity index (χ2n) is 5.42. The van der Waals surface area contributed by atoms with Gasteiger partial charge in [-0.25, -0.2) is 13.6 Å². The highest BCUT2D eigenvalue weighted by Gasteiger charge is 2.30. The first-order valence-electron chi connectivity index (χ1n) is 6.88. The molecule has 3 rings (SSSR count). The fourth-order valence-electron chi connectivity index (χ4n) is 2.79. The Morgan fingerprint density at radius 2 is 2.14 bits per heavy atom. The van der Waals surface area contributed by atoms with Crippen LogP contribution < -0.4 is 5.14 Å². The summed E-state index contributed by atoms with van der Waals surface area (Å²) in [5, 5.41) is 5.15. The molecule has 8 heteroatoms. The van der Waals surface area contributed by atoms with Gasteiger partial charge in [-0.1, -0.05) is 0 Å². The number of thiophene rings is 1. The van der Waals surface area contributed by atoms with E-state index in [1.54, 1.807) is 11.8 Å². The van der Waals surface area contributed by atoms with Crippen LogP contribution in [0.2, 0.25) is 0 Å². The Morgan fingerprint density at radius 3 is 2.77 bits per heavy atom. The number of carbonyl (C=O) groups is 1. The van der Waals surface area contributed by atoms with Gasteiger partial charge in [0.2, 0.25) is 10.0 Å². The molecule has 0 bridgehead atoms. The second-order valence-corrected chi connectivity index (χ2v) is 8.26. The van der Waals surface area contributed by atoms with Crippen molar-refractivity contribution < 1.29 is 13.2 Å². The van der Waals surface area contributed by atoms with Gasteiger partial charge in [0.25, 0.3) is 5.91 Å². The molecule has 1 amide bonds. The van der Waals surface area contributed by atoms with Crippen LogP contribution in [-0.4, -0.2) is 30.3 Å². The number of carbonyl (C=O) groups excluding carboxylic acids is 1. The van der Waals surface area contributed by atoms with E-state index >= 15 is 0 Å². The second kappa shape index (κ2) is 5.22. The van der Waals surface area contributed by atoms with Crippen LogP contribution in [0.4, 0.5) is 0 Å². The number of fused-ring (bicyclic) bond motifs is 1. The van der Waals surface area contributed by atoms with Crippen molar-refractivity contribution in [3.05, 3.63) is 40.5 Å². The van der Waals surface area contributed by atoms with Crippen LogP contribution in [0.1, 0.15) is 33.9 Å². The Kier molecular flexibility index (Phi) is 3.62. The van der Waals surface area contributed by atoms with Crippen molar-refractivity contribution in [3.8, 4) is 0 Å². The van der Waals surface area contributed by atoms with Gasteiger partial charge in [-0.05, 0) is 37.6 Å². The lowest BCUT2D eigenvalue weighted by molar-refractivity contribution is 0.0648. The minimum atomic E-state index is -3.78. The van der Waals surface area contributed by atoms with E-state index in [2.05, 4.69) is 4.57 Å². The maximum atomic E-state index is 12.8. The molecule has 1 atom stereocenters. The highest BCUT2D eigenvalue weighted by Crippen LogP contribution is 2.31. The van der Waals surface area contributed by atoms with Crippen molar-refractivity contribution in [3.63, 3.8) is 0 Å². The van der Waals surface area contributed by atoms with Gasteiger partial charge >= 0.3 is 0 Å². The number of hydrogen-bond donors (Lipinski definition) is 1.